The summed E-state index contributed by atoms with van der Waals surface area (Å²) in [5.41, 5.74) is 0. The molecule has 0 aromatic heterocycles. The van der Waals surface area contributed by atoms with Crippen molar-refractivity contribution >= 4 is 0 Å². The predicted octanol–water partition coefficient (Wildman–Crippen LogP) is -1.55. The lowest BCUT2D eigenvalue weighted by Crippen LogP contribution is -2.31. The fourth-order valence-electron chi connectivity index (χ4n) is 0.827. The Labute approximate surface area is 52.7 Å². The average molecular weight is 134 g/mol. The Morgan fingerprint density at radius 1 is 1.11 bits per heavy atom. The molecule has 1 heterocycles. The highest BCUT2D eigenvalue weighted by molar-refractivity contribution is 4.82. The van der Waals surface area contributed by atoms with Crippen LogP contribution in [0, 0.1) is 0 Å². The van der Waals surface area contributed by atoms with E-state index in [1.165, 1.54) is 0 Å². The molecule has 0 unspecified atom stereocenters. The van der Waals surface area contributed by atoms with Crippen LogP contribution < -0.4 is 0 Å². The van der Waals surface area contributed by atoms with Crippen molar-refractivity contribution in [2.45, 2.75) is 31.5 Å². The van der Waals surface area contributed by atoms with Gasteiger partial charge in [0.2, 0.25) is 0 Å². The van der Waals surface area contributed by atoms with Gasteiger partial charge in [0.25, 0.3) is 0 Å². The van der Waals surface area contributed by atoms with Gasteiger partial charge in [-0.15, -0.1) is 0 Å². The molecule has 1 aliphatic heterocycles. The standard InChI is InChI=1S/C5H10O4/c1-2-3(6)4(7)5(8)9-2/h2-8H,1H3/t2-,3-,4+,5+/m1/s1. The fourth-order valence-corrected chi connectivity index (χ4v) is 0.827. The Morgan fingerprint density at radius 2 is 1.67 bits per heavy atom. The average Bonchev–Trinajstić information content (AvgIpc) is 1.98. The van der Waals surface area contributed by atoms with E-state index < -0.39 is 24.6 Å². The molecule has 1 aliphatic rings. The molecular formula is C5H10O4. The molecule has 0 aromatic rings. The summed E-state index contributed by atoms with van der Waals surface area (Å²) in [5, 5.41) is 26.4. The van der Waals surface area contributed by atoms with Gasteiger partial charge in [-0.25, -0.2) is 0 Å². The zero-order chi connectivity index (χ0) is 7.02. The van der Waals surface area contributed by atoms with Gasteiger partial charge in [0.05, 0.1) is 6.10 Å². The van der Waals surface area contributed by atoms with E-state index in [-0.39, 0.29) is 0 Å². The largest absolute Gasteiger partial charge is 0.388 e. The topological polar surface area (TPSA) is 69.9 Å². The van der Waals surface area contributed by atoms with Crippen LogP contribution in [-0.4, -0.2) is 39.9 Å². The highest BCUT2D eigenvalue weighted by Gasteiger charge is 2.38. The zero-order valence-corrected chi connectivity index (χ0v) is 5.06. The molecule has 9 heavy (non-hydrogen) atoms. The van der Waals surface area contributed by atoms with Crippen LogP contribution in [0.15, 0.2) is 0 Å². The van der Waals surface area contributed by atoms with E-state index in [0.717, 1.165) is 0 Å². The summed E-state index contributed by atoms with van der Waals surface area (Å²) in [6.07, 6.45) is -3.81. The predicted molar refractivity (Wildman–Crippen MR) is 28.6 cm³/mol. The van der Waals surface area contributed by atoms with Crippen LogP contribution in [0.5, 0.6) is 0 Å². The number of aliphatic hydroxyl groups is 3. The fraction of sp³-hybridized carbons (Fsp3) is 1.00. The SMILES string of the molecule is C[C@H]1O[C@H](O)[C@@H](O)[C@@H]1O. The van der Waals surface area contributed by atoms with E-state index in [2.05, 4.69) is 4.74 Å². The zero-order valence-electron chi connectivity index (χ0n) is 5.06. The first-order valence-electron chi connectivity index (χ1n) is 2.82. The highest BCUT2D eigenvalue weighted by atomic mass is 16.6. The molecule has 4 heteroatoms. The molecule has 3 N–H and O–H groups in total. The normalized spacial score (nSPS) is 52.0. The van der Waals surface area contributed by atoms with Crippen molar-refractivity contribution in [3.63, 3.8) is 0 Å². The number of hydrogen-bond acceptors (Lipinski definition) is 4. The van der Waals surface area contributed by atoms with E-state index >= 15 is 0 Å². The monoisotopic (exact) mass is 134 g/mol. The third-order valence-electron chi connectivity index (χ3n) is 1.48. The van der Waals surface area contributed by atoms with Crippen LogP contribution in [0.3, 0.4) is 0 Å². The Balaban J connectivity index is 2.54. The van der Waals surface area contributed by atoms with Crippen molar-refractivity contribution in [1.29, 1.82) is 0 Å². The number of ether oxygens (including phenoxy) is 1. The summed E-state index contributed by atoms with van der Waals surface area (Å²) in [4.78, 5) is 0. The van der Waals surface area contributed by atoms with Crippen molar-refractivity contribution < 1.29 is 20.1 Å². The van der Waals surface area contributed by atoms with E-state index in [9.17, 15) is 0 Å². The van der Waals surface area contributed by atoms with Gasteiger partial charge in [0.15, 0.2) is 6.29 Å². The maximum absolute atomic E-state index is 8.90. The van der Waals surface area contributed by atoms with Gasteiger partial charge in [0, 0.05) is 0 Å². The summed E-state index contributed by atoms with van der Waals surface area (Å²) < 4.78 is 4.64. The summed E-state index contributed by atoms with van der Waals surface area (Å²) in [6.45, 7) is 1.59. The Kier molecular flexibility index (Phi) is 1.72. The van der Waals surface area contributed by atoms with Gasteiger partial charge in [-0.1, -0.05) is 0 Å². The van der Waals surface area contributed by atoms with Gasteiger partial charge in [-0.2, -0.15) is 0 Å². The van der Waals surface area contributed by atoms with Gasteiger partial charge < -0.3 is 20.1 Å². The maximum atomic E-state index is 8.90. The third-order valence-corrected chi connectivity index (χ3v) is 1.48. The van der Waals surface area contributed by atoms with Crippen molar-refractivity contribution in [3.8, 4) is 0 Å². The van der Waals surface area contributed by atoms with Crippen LogP contribution in [-0.2, 0) is 4.74 Å². The molecular weight excluding hydrogens is 124 g/mol. The smallest absolute Gasteiger partial charge is 0.183 e. The Hall–Kier alpha value is -0.160. The third kappa shape index (κ3) is 1.07. The second kappa shape index (κ2) is 2.22. The lowest BCUT2D eigenvalue weighted by molar-refractivity contribution is -0.124. The molecule has 0 saturated carbocycles. The van der Waals surface area contributed by atoms with Gasteiger partial charge in [-0.3, -0.25) is 0 Å². The number of rotatable bonds is 0. The Morgan fingerprint density at radius 3 is 1.78 bits per heavy atom. The van der Waals surface area contributed by atoms with Crippen molar-refractivity contribution in [2.75, 3.05) is 0 Å². The minimum atomic E-state index is -1.23. The second-order valence-electron chi connectivity index (χ2n) is 2.21. The molecule has 0 bridgehead atoms. The van der Waals surface area contributed by atoms with E-state index in [4.69, 9.17) is 15.3 Å². The molecule has 0 aromatic carbocycles. The molecule has 1 fully saturated rings. The summed E-state index contributed by atoms with van der Waals surface area (Å²) in [7, 11) is 0. The lowest BCUT2D eigenvalue weighted by Gasteiger charge is -2.07. The number of hydrogen-bond donors (Lipinski definition) is 3. The van der Waals surface area contributed by atoms with Gasteiger partial charge in [0.1, 0.15) is 12.2 Å². The molecule has 54 valence electrons. The van der Waals surface area contributed by atoms with Gasteiger partial charge >= 0.3 is 0 Å². The first kappa shape index (κ1) is 6.95. The quantitative estimate of drug-likeness (QED) is 0.375. The van der Waals surface area contributed by atoms with Crippen LogP contribution in [0.2, 0.25) is 0 Å². The van der Waals surface area contributed by atoms with Crippen LogP contribution in [0.4, 0.5) is 0 Å². The summed E-state index contributed by atoms with van der Waals surface area (Å²) >= 11 is 0. The molecule has 0 aliphatic carbocycles. The Bertz CT molecular complexity index is 93.1. The summed E-state index contributed by atoms with van der Waals surface area (Å²) in [5.74, 6) is 0. The van der Waals surface area contributed by atoms with Crippen molar-refractivity contribution in [2.24, 2.45) is 0 Å². The van der Waals surface area contributed by atoms with Crippen LogP contribution in [0.1, 0.15) is 6.92 Å². The van der Waals surface area contributed by atoms with E-state index in [1.54, 1.807) is 6.92 Å². The van der Waals surface area contributed by atoms with Crippen LogP contribution >= 0.6 is 0 Å². The molecule has 0 spiro atoms. The summed E-state index contributed by atoms with van der Waals surface area (Å²) in [6, 6.07) is 0. The molecule has 0 radical (unpaired) electrons. The molecule has 4 atom stereocenters. The van der Waals surface area contributed by atoms with Gasteiger partial charge in [-0.05, 0) is 6.92 Å². The first-order chi connectivity index (χ1) is 4.13. The van der Waals surface area contributed by atoms with Crippen molar-refractivity contribution in [1.82, 2.24) is 0 Å². The maximum Gasteiger partial charge on any atom is 0.183 e. The molecule has 4 nitrogen and oxygen atoms in total. The highest BCUT2D eigenvalue weighted by Crippen LogP contribution is 2.18. The first-order valence-corrected chi connectivity index (χ1v) is 2.82. The van der Waals surface area contributed by atoms with E-state index in [0.29, 0.717) is 0 Å². The number of aliphatic hydroxyl groups excluding tert-OH is 3. The van der Waals surface area contributed by atoms with E-state index in [1.807, 2.05) is 0 Å². The van der Waals surface area contributed by atoms with Crippen molar-refractivity contribution in [3.05, 3.63) is 0 Å². The minimum absolute atomic E-state index is 0.477. The second-order valence-corrected chi connectivity index (χ2v) is 2.21. The molecule has 0 amide bonds. The lowest BCUT2D eigenvalue weighted by atomic mass is 10.2. The van der Waals surface area contributed by atoms with Crippen LogP contribution in [0.25, 0.3) is 0 Å². The minimum Gasteiger partial charge on any atom is -0.388 e. The molecule has 1 rings (SSSR count). The molecule has 1 saturated heterocycles.